The zero-order valence-corrected chi connectivity index (χ0v) is 11.5. The van der Waals surface area contributed by atoms with E-state index in [2.05, 4.69) is 15.6 Å². The third-order valence-corrected chi connectivity index (χ3v) is 2.63. The van der Waals surface area contributed by atoms with Crippen molar-refractivity contribution in [2.75, 3.05) is 6.54 Å². The van der Waals surface area contributed by atoms with E-state index in [-0.39, 0.29) is 24.2 Å². The molecule has 0 spiro atoms. The van der Waals surface area contributed by atoms with Gasteiger partial charge >= 0.3 is 12.0 Å². The van der Waals surface area contributed by atoms with E-state index in [1.807, 2.05) is 0 Å². The molecule has 0 radical (unpaired) electrons. The van der Waals surface area contributed by atoms with Crippen LogP contribution in [0.15, 0.2) is 18.3 Å². The largest absolute Gasteiger partial charge is 0.477 e. The molecule has 3 amide bonds. The number of primary amides is 1. The summed E-state index contributed by atoms with van der Waals surface area (Å²) in [7, 11) is 0. The minimum Gasteiger partial charge on any atom is -0.477 e. The van der Waals surface area contributed by atoms with Crippen molar-refractivity contribution in [1.82, 2.24) is 15.6 Å². The Bertz CT molecular complexity index is 501. The first kappa shape index (κ1) is 16.4. The van der Waals surface area contributed by atoms with E-state index in [4.69, 9.17) is 10.8 Å². The Balaban J connectivity index is 2.20. The van der Waals surface area contributed by atoms with Gasteiger partial charge in [0.05, 0.1) is 0 Å². The Hall–Kier alpha value is -2.64. The molecular weight excluding hydrogens is 276 g/mol. The van der Waals surface area contributed by atoms with E-state index in [1.54, 1.807) is 6.07 Å². The summed E-state index contributed by atoms with van der Waals surface area (Å²) in [6, 6.07) is 2.63. The molecule has 114 valence electrons. The molecule has 0 saturated heterocycles. The Morgan fingerprint density at radius 3 is 2.52 bits per heavy atom. The lowest BCUT2D eigenvalue weighted by molar-refractivity contribution is -0.118. The first-order valence-electron chi connectivity index (χ1n) is 6.47. The fourth-order valence-electron chi connectivity index (χ4n) is 1.53. The second kappa shape index (κ2) is 8.51. The smallest absolute Gasteiger partial charge is 0.354 e. The number of nitrogens with zero attached hydrogens (tertiary/aromatic N) is 1. The number of carboxylic acids is 1. The van der Waals surface area contributed by atoms with Crippen LogP contribution in [-0.4, -0.2) is 34.5 Å². The van der Waals surface area contributed by atoms with E-state index in [0.717, 1.165) is 0 Å². The van der Waals surface area contributed by atoms with E-state index in [1.165, 1.54) is 12.3 Å². The standard InChI is InChI=1S/C13H18N4O4/c14-11(18)3-1-2-6-15-13(21)17-8-9-4-5-10(12(19)20)16-7-9/h4-5,7H,1-3,6,8H2,(H2,14,18)(H,19,20)(H2,15,17,21). The molecule has 0 aromatic carbocycles. The van der Waals surface area contributed by atoms with Crippen LogP contribution in [0.25, 0.3) is 0 Å². The Kier molecular flexibility index (Phi) is 6.66. The van der Waals surface area contributed by atoms with Crippen molar-refractivity contribution in [3.05, 3.63) is 29.6 Å². The number of aromatic carboxylic acids is 1. The highest BCUT2D eigenvalue weighted by molar-refractivity contribution is 5.85. The SMILES string of the molecule is NC(=O)CCCCNC(=O)NCc1ccc(C(=O)O)nc1. The molecule has 0 unspecified atom stereocenters. The molecule has 5 N–H and O–H groups in total. The average molecular weight is 294 g/mol. The highest BCUT2D eigenvalue weighted by Gasteiger charge is 2.04. The number of hydrogen-bond acceptors (Lipinski definition) is 4. The van der Waals surface area contributed by atoms with Gasteiger partial charge in [-0.25, -0.2) is 14.6 Å². The number of carboxylic acid groups (broad SMARTS) is 1. The molecule has 0 atom stereocenters. The normalized spacial score (nSPS) is 9.90. The molecule has 1 aromatic heterocycles. The molecule has 8 nitrogen and oxygen atoms in total. The van der Waals surface area contributed by atoms with Crippen LogP contribution in [0, 0.1) is 0 Å². The van der Waals surface area contributed by atoms with Crippen LogP contribution in [0.5, 0.6) is 0 Å². The van der Waals surface area contributed by atoms with Gasteiger partial charge in [0.25, 0.3) is 0 Å². The predicted octanol–water partition coefficient (Wildman–Crippen LogP) is 0.235. The van der Waals surface area contributed by atoms with Crippen molar-refractivity contribution < 1.29 is 19.5 Å². The summed E-state index contributed by atoms with van der Waals surface area (Å²) in [5.41, 5.74) is 5.65. The molecule has 0 aliphatic heterocycles. The minimum absolute atomic E-state index is 0.0438. The number of urea groups is 1. The number of pyridine rings is 1. The van der Waals surface area contributed by atoms with E-state index in [0.29, 0.717) is 31.4 Å². The number of hydrogen-bond donors (Lipinski definition) is 4. The zero-order valence-electron chi connectivity index (χ0n) is 11.5. The molecule has 1 heterocycles. The Labute approximate surface area is 121 Å². The zero-order chi connectivity index (χ0) is 15.7. The summed E-state index contributed by atoms with van der Waals surface area (Å²) >= 11 is 0. The number of carbonyl (C=O) groups is 3. The lowest BCUT2D eigenvalue weighted by Crippen LogP contribution is -2.35. The molecule has 0 aliphatic carbocycles. The van der Waals surface area contributed by atoms with Gasteiger partial charge in [0.15, 0.2) is 0 Å². The molecule has 0 bridgehead atoms. The summed E-state index contributed by atoms with van der Waals surface area (Å²) < 4.78 is 0. The summed E-state index contributed by atoms with van der Waals surface area (Å²) in [5.74, 6) is -1.44. The van der Waals surface area contributed by atoms with Crippen molar-refractivity contribution in [2.45, 2.75) is 25.8 Å². The maximum Gasteiger partial charge on any atom is 0.354 e. The fourth-order valence-corrected chi connectivity index (χ4v) is 1.53. The molecule has 0 saturated carbocycles. The van der Waals surface area contributed by atoms with E-state index in [9.17, 15) is 14.4 Å². The molecule has 0 aliphatic rings. The van der Waals surface area contributed by atoms with Crippen molar-refractivity contribution in [1.29, 1.82) is 0 Å². The topological polar surface area (TPSA) is 134 Å². The Morgan fingerprint density at radius 1 is 1.19 bits per heavy atom. The fraction of sp³-hybridized carbons (Fsp3) is 0.385. The van der Waals surface area contributed by atoms with Crippen LogP contribution in [0.2, 0.25) is 0 Å². The van der Waals surface area contributed by atoms with Gasteiger partial charge in [-0.3, -0.25) is 4.79 Å². The van der Waals surface area contributed by atoms with Crippen LogP contribution in [-0.2, 0) is 11.3 Å². The van der Waals surface area contributed by atoms with Crippen LogP contribution in [0.1, 0.15) is 35.3 Å². The maximum absolute atomic E-state index is 11.5. The van der Waals surface area contributed by atoms with Crippen molar-refractivity contribution in [3.8, 4) is 0 Å². The van der Waals surface area contributed by atoms with Gasteiger partial charge in [-0.05, 0) is 24.5 Å². The highest BCUT2D eigenvalue weighted by atomic mass is 16.4. The van der Waals surface area contributed by atoms with Gasteiger partial charge in [0, 0.05) is 25.7 Å². The van der Waals surface area contributed by atoms with Gasteiger partial charge in [0.1, 0.15) is 5.69 Å². The van der Waals surface area contributed by atoms with E-state index < -0.39 is 5.97 Å². The minimum atomic E-state index is -1.09. The third-order valence-electron chi connectivity index (χ3n) is 2.63. The van der Waals surface area contributed by atoms with Crippen molar-refractivity contribution in [2.24, 2.45) is 5.73 Å². The van der Waals surface area contributed by atoms with Crippen molar-refractivity contribution >= 4 is 17.9 Å². The van der Waals surface area contributed by atoms with Gasteiger partial charge in [-0.1, -0.05) is 6.07 Å². The second-order valence-corrected chi connectivity index (χ2v) is 4.39. The molecular formula is C13H18N4O4. The van der Waals surface area contributed by atoms with Gasteiger partial charge < -0.3 is 21.5 Å². The van der Waals surface area contributed by atoms with Crippen LogP contribution < -0.4 is 16.4 Å². The summed E-state index contributed by atoms with van der Waals surface area (Å²) in [4.78, 5) is 36.3. The molecule has 0 fully saturated rings. The summed E-state index contributed by atoms with van der Waals surface area (Å²) in [5, 5.41) is 14.0. The summed E-state index contributed by atoms with van der Waals surface area (Å²) in [6.07, 6.45) is 3.02. The Morgan fingerprint density at radius 2 is 1.95 bits per heavy atom. The maximum atomic E-state index is 11.5. The number of rotatable bonds is 8. The first-order chi connectivity index (χ1) is 9.99. The van der Waals surface area contributed by atoms with Crippen LogP contribution >= 0.6 is 0 Å². The molecule has 21 heavy (non-hydrogen) atoms. The third kappa shape index (κ3) is 6.90. The quantitative estimate of drug-likeness (QED) is 0.509. The summed E-state index contributed by atoms with van der Waals surface area (Å²) in [6.45, 7) is 0.704. The number of nitrogens with two attached hydrogens (primary N) is 1. The number of aromatic nitrogens is 1. The van der Waals surface area contributed by atoms with Gasteiger partial charge in [0.2, 0.25) is 5.91 Å². The number of amides is 3. The molecule has 1 aromatic rings. The first-order valence-corrected chi connectivity index (χ1v) is 6.47. The average Bonchev–Trinajstić information content (AvgIpc) is 2.44. The van der Waals surface area contributed by atoms with Crippen molar-refractivity contribution in [3.63, 3.8) is 0 Å². The van der Waals surface area contributed by atoms with Crippen LogP contribution in [0.3, 0.4) is 0 Å². The van der Waals surface area contributed by atoms with Crippen LogP contribution in [0.4, 0.5) is 4.79 Å². The second-order valence-electron chi connectivity index (χ2n) is 4.39. The predicted molar refractivity (Wildman–Crippen MR) is 74.5 cm³/mol. The molecule has 8 heteroatoms. The number of nitrogens with one attached hydrogen (secondary N) is 2. The lowest BCUT2D eigenvalue weighted by Gasteiger charge is -2.07. The number of unbranched alkanes of at least 4 members (excludes halogenated alkanes) is 1. The van der Waals surface area contributed by atoms with Gasteiger partial charge in [-0.2, -0.15) is 0 Å². The lowest BCUT2D eigenvalue weighted by atomic mass is 10.2. The highest BCUT2D eigenvalue weighted by Crippen LogP contribution is 2.00. The van der Waals surface area contributed by atoms with E-state index >= 15 is 0 Å². The number of carbonyl (C=O) groups excluding carboxylic acids is 2. The monoisotopic (exact) mass is 294 g/mol. The molecule has 1 rings (SSSR count). The van der Waals surface area contributed by atoms with Gasteiger partial charge in [-0.15, -0.1) is 0 Å².